The second-order valence-corrected chi connectivity index (χ2v) is 9.27. The number of nitrogens with zero attached hydrogens (tertiary/aromatic N) is 5. The summed E-state index contributed by atoms with van der Waals surface area (Å²) in [5.74, 6) is 0.761. The zero-order valence-corrected chi connectivity index (χ0v) is 17.6. The maximum Gasteiger partial charge on any atom is 0.228 e. The minimum absolute atomic E-state index is 0.0328. The van der Waals surface area contributed by atoms with E-state index in [-0.39, 0.29) is 22.5 Å². The van der Waals surface area contributed by atoms with Crippen LogP contribution in [0.25, 0.3) is 11.1 Å². The Kier molecular flexibility index (Phi) is 4.98. The zero-order valence-electron chi connectivity index (χ0n) is 16.7. The van der Waals surface area contributed by atoms with Crippen molar-refractivity contribution in [3.63, 3.8) is 0 Å². The highest BCUT2D eigenvalue weighted by Gasteiger charge is 2.29. The number of pyridine rings is 1. The molecule has 0 radical (unpaired) electrons. The van der Waals surface area contributed by atoms with Gasteiger partial charge in [0.05, 0.1) is 6.20 Å². The predicted octanol–water partition coefficient (Wildman–Crippen LogP) is 2.08. The van der Waals surface area contributed by atoms with Gasteiger partial charge < -0.3 is 10.6 Å². The van der Waals surface area contributed by atoms with Crippen molar-refractivity contribution in [2.24, 2.45) is 13.0 Å². The molecule has 3 aromatic rings. The van der Waals surface area contributed by atoms with E-state index in [9.17, 15) is 13.2 Å². The number of amides is 1. The second kappa shape index (κ2) is 7.48. The molecule has 1 saturated carbocycles. The topological polar surface area (TPSA) is 132 Å². The summed E-state index contributed by atoms with van der Waals surface area (Å²) in [5, 5.41) is 9.86. The molecule has 0 saturated heterocycles. The van der Waals surface area contributed by atoms with E-state index < -0.39 is 9.84 Å². The van der Waals surface area contributed by atoms with Crippen molar-refractivity contribution < 1.29 is 13.2 Å². The number of nitrogens with one attached hydrogen (secondary N) is 2. The summed E-state index contributed by atoms with van der Waals surface area (Å²) in [6, 6.07) is 3.10. The van der Waals surface area contributed by atoms with Crippen LogP contribution in [-0.4, -0.2) is 45.3 Å². The minimum Gasteiger partial charge on any atom is -0.324 e. The van der Waals surface area contributed by atoms with E-state index in [2.05, 4.69) is 30.7 Å². The van der Waals surface area contributed by atoms with Crippen molar-refractivity contribution in [3.05, 3.63) is 36.5 Å². The van der Waals surface area contributed by atoms with Gasteiger partial charge in [-0.2, -0.15) is 5.10 Å². The second-order valence-electron chi connectivity index (χ2n) is 7.29. The standard InChI is InChI=1S/C19H21N7O3S/c1-11-14(9-23-26(11)2)13-6-15(30(3,28)29)18(20-8-13)24-16-7-17(22-10-21-16)25-19(27)12-4-5-12/h6-10,12H,4-5H2,1-3H3,(H2,20,21,22,24,25,27). The quantitative estimate of drug-likeness (QED) is 0.611. The summed E-state index contributed by atoms with van der Waals surface area (Å²) in [5.41, 5.74) is 2.34. The first-order chi connectivity index (χ1) is 14.2. The molecule has 10 nitrogen and oxygen atoms in total. The molecule has 0 bridgehead atoms. The lowest BCUT2D eigenvalue weighted by Crippen LogP contribution is -2.14. The Labute approximate surface area is 173 Å². The van der Waals surface area contributed by atoms with Gasteiger partial charge in [-0.1, -0.05) is 0 Å². The fraction of sp³-hybridized carbons (Fsp3) is 0.316. The highest BCUT2D eigenvalue weighted by molar-refractivity contribution is 7.90. The van der Waals surface area contributed by atoms with Crippen LogP contribution in [0, 0.1) is 12.8 Å². The molecule has 0 atom stereocenters. The van der Waals surface area contributed by atoms with Crippen molar-refractivity contribution in [2.45, 2.75) is 24.7 Å². The van der Waals surface area contributed by atoms with Gasteiger partial charge in [0, 0.05) is 48.3 Å². The number of aromatic nitrogens is 5. The van der Waals surface area contributed by atoms with Crippen LogP contribution in [0.2, 0.25) is 0 Å². The van der Waals surface area contributed by atoms with Crippen LogP contribution in [0.15, 0.2) is 35.7 Å². The number of carbonyl (C=O) groups excluding carboxylic acids is 1. The average Bonchev–Trinajstić information content (AvgIpc) is 3.48. The molecular formula is C19H21N7O3S. The van der Waals surface area contributed by atoms with E-state index in [4.69, 9.17) is 0 Å². The maximum atomic E-state index is 12.4. The molecule has 3 heterocycles. The average molecular weight is 427 g/mol. The molecule has 0 unspecified atom stereocenters. The number of hydrogen-bond acceptors (Lipinski definition) is 8. The van der Waals surface area contributed by atoms with Crippen molar-refractivity contribution in [2.75, 3.05) is 16.9 Å². The summed E-state index contributed by atoms with van der Waals surface area (Å²) in [4.78, 5) is 24.4. The summed E-state index contributed by atoms with van der Waals surface area (Å²) in [6.07, 6.45) is 7.43. The number of hydrogen-bond donors (Lipinski definition) is 2. The molecule has 0 aromatic carbocycles. The lowest BCUT2D eigenvalue weighted by molar-refractivity contribution is -0.117. The van der Waals surface area contributed by atoms with Gasteiger partial charge in [0.2, 0.25) is 5.91 Å². The summed E-state index contributed by atoms with van der Waals surface area (Å²) in [7, 11) is -1.77. The first-order valence-electron chi connectivity index (χ1n) is 9.31. The van der Waals surface area contributed by atoms with Crippen molar-refractivity contribution in [3.8, 4) is 11.1 Å². The zero-order chi connectivity index (χ0) is 21.5. The monoisotopic (exact) mass is 427 g/mol. The normalized spacial score (nSPS) is 13.8. The van der Waals surface area contributed by atoms with Crippen molar-refractivity contribution in [1.29, 1.82) is 0 Å². The molecule has 1 fully saturated rings. The molecule has 4 rings (SSSR count). The summed E-state index contributed by atoms with van der Waals surface area (Å²) >= 11 is 0. The van der Waals surface area contributed by atoms with Gasteiger partial charge in [0.1, 0.15) is 28.7 Å². The van der Waals surface area contributed by atoms with Gasteiger partial charge in [0.15, 0.2) is 9.84 Å². The van der Waals surface area contributed by atoms with Gasteiger partial charge in [0.25, 0.3) is 0 Å². The van der Waals surface area contributed by atoms with Crippen LogP contribution < -0.4 is 10.6 Å². The lowest BCUT2D eigenvalue weighted by Gasteiger charge is -2.12. The van der Waals surface area contributed by atoms with E-state index in [1.54, 1.807) is 23.1 Å². The van der Waals surface area contributed by atoms with E-state index >= 15 is 0 Å². The van der Waals surface area contributed by atoms with Crippen LogP contribution in [0.4, 0.5) is 17.5 Å². The number of sulfone groups is 1. The van der Waals surface area contributed by atoms with Crippen molar-refractivity contribution >= 4 is 33.2 Å². The Morgan fingerprint density at radius 1 is 1.13 bits per heavy atom. The number of carbonyl (C=O) groups is 1. The fourth-order valence-electron chi connectivity index (χ4n) is 2.94. The molecule has 1 aliphatic carbocycles. The first kappa shape index (κ1) is 20.0. The molecule has 0 aliphatic heterocycles. The molecule has 3 aromatic heterocycles. The number of anilines is 3. The Bertz CT molecular complexity index is 1230. The van der Waals surface area contributed by atoms with Gasteiger partial charge in [-0.25, -0.2) is 23.4 Å². The third kappa shape index (κ3) is 4.15. The number of aryl methyl sites for hydroxylation is 1. The van der Waals surface area contributed by atoms with E-state index in [0.29, 0.717) is 17.2 Å². The van der Waals surface area contributed by atoms with E-state index in [0.717, 1.165) is 30.4 Å². The Balaban J connectivity index is 1.65. The smallest absolute Gasteiger partial charge is 0.228 e. The van der Waals surface area contributed by atoms with Crippen LogP contribution in [0.1, 0.15) is 18.5 Å². The van der Waals surface area contributed by atoms with Gasteiger partial charge in [-0.05, 0) is 25.8 Å². The molecular weight excluding hydrogens is 406 g/mol. The SMILES string of the molecule is Cc1c(-c2cnc(Nc3cc(NC(=O)C4CC4)ncn3)c(S(C)(=O)=O)c2)cnn1C. The largest absolute Gasteiger partial charge is 0.324 e. The van der Waals surface area contributed by atoms with Gasteiger partial charge >= 0.3 is 0 Å². The van der Waals surface area contributed by atoms with Crippen LogP contribution in [0.5, 0.6) is 0 Å². The third-order valence-corrected chi connectivity index (χ3v) is 6.02. The Morgan fingerprint density at radius 2 is 1.87 bits per heavy atom. The van der Waals surface area contributed by atoms with E-state index in [1.165, 1.54) is 12.4 Å². The van der Waals surface area contributed by atoms with Crippen LogP contribution in [-0.2, 0) is 21.7 Å². The highest BCUT2D eigenvalue weighted by atomic mass is 32.2. The van der Waals surface area contributed by atoms with E-state index in [1.807, 2.05) is 14.0 Å². The molecule has 30 heavy (non-hydrogen) atoms. The fourth-order valence-corrected chi connectivity index (χ4v) is 3.74. The molecule has 1 aliphatic rings. The first-order valence-corrected chi connectivity index (χ1v) is 11.2. The maximum absolute atomic E-state index is 12.4. The summed E-state index contributed by atoms with van der Waals surface area (Å²) in [6.45, 7) is 1.90. The molecule has 2 N–H and O–H groups in total. The third-order valence-electron chi connectivity index (χ3n) is 4.91. The van der Waals surface area contributed by atoms with Gasteiger partial charge in [-0.3, -0.25) is 9.48 Å². The van der Waals surface area contributed by atoms with Crippen LogP contribution in [0.3, 0.4) is 0 Å². The Hall–Kier alpha value is -3.34. The molecule has 1 amide bonds. The highest BCUT2D eigenvalue weighted by Crippen LogP contribution is 2.31. The predicted molar refractivity (Wildman–Crippen MR) is 111 cm³/mol. The lowest BCUT2D eigenvalue weighted by atomic mass is 10.1. The molecule has 0 spiro atoms. The van der Waals surface area contributed by atoms with Crippen molar-refractivity contribution in [1.82, 2.24) is 24.7 Å². The summed E-state index contributed by atoms with van der Waals surface area (Å²) < 4.78 is 26.6. The molecule has 156 valence electrons. The number of rotatable bonds is 6. The van der Waals surface area contributed by atoms with Crippen LogP contribution >= 0.6 is 0 Å². The minimum atomic E-state index is -3.59. The Morgan fingerprint density at radius 3 is 2.50 bits per heavy atom. The van der Waals surface area contributed by atoms with Gasteiger partial charge in [-0.15, -0.1) is 0 Å². The molecule has 11 heteroatoms.